The summed E-state index contributed by atoms with van der Waals surface area (Å²) in [6.07, 6.45) is 1.16. The van der Waals surface area contributed by atoms with E-state index in [1.807, 2.05) is 30.3 Å². The van der Waals surface area contributed by atoms with E-state index < -0.39 is 5.97 Å². The third kappa shape index (κ3) is 3.58. The van der Waals surface area contributed by atoms with Gasteiger partial charge < -0.3 is 10.1 Å². The Hall–Kier alpha value is -2.40. The molecule has 0 aliphatic carbocycles. The molecule has 0 bridgehead atoms. The fourth-order valence-electron chi connectivity index (χ4n) is 1.76. The average molecular weight is 301 g/mol. The van der Waals surface area contributed by atoms with Crippen LogP contribution < -0.4 is 5.32 Å². The summed E-state index contributed by atoms with van der Waals surface area (Å²) in [7, 11) is 0. The lowest BCUT2D eigenvalue weighted by Gasteiger charge is -2.03. The van der Waals surface area contributed by atoms with Gasteiger partial charge in [0.15, 0.2) is 0 Å². The highest BCUT2D eigenvalue weighted by atomic mass is 32.1. The molecule has 108 valence electrons. The Morgan fingerprint density at radius 1 is 1.33 bits per heavy atom. The molecular formula is C16H15NO3S. The maximum atomic E-state index is 12.0. The van der Waals surface area contributed by atoms with Crippen LogP contribution in [0.5, 0.6) is 0 Å². The van der Waals surface area contributed by atoms with E-state index in [1.165, 1.54) is 11.3 Å². The Bertz CT molecular complexity index is 661. The second kappa shape index (κ2) is 6.85. The molecule has 0 aliphatic heterocycles. The van der Waals surface area contributed by atoms with Crippen molar-refractivity contribution in [1.29, 1.82) is 0 Å². The lowest BCUT2D eigenvalue weighted by atomic mass is 10.2. The number of rotatable bonds is 5. The molecule has 2 rings (SSSR count). The first-order valence-corrected chi connectivity index (χ1v) is 7.27. The number of benzene rings is 1. The van der Waals surface area contributed by atoms with Crippen molar-refractivity contribution in [3.8, 4) is 10.4 Å². The summed E-state index contributed by atoms with van der Waals surface area (Å²) in [6, 6.07) is 11.4. The van der Waals surface area contributed by atoms with Crippen LogP contribution in [0.15, 0.2) is 49.1 Å². The Morgan fingerprint density at radius 2 is 2.05 bits per heavy atom. The minimum absolute atomic E-state index is 0.284. The van der Waals surface area contributed by atoms with Crippen molar-refractivity contribution in [2.24, 2.45) is 0 Å². The first-order valence-electron chi connectivity index (χ1n) is 6.45. The number of carbonyl (C=O) groups is 2. The zero-order chi connectivity index (χ0) is 15.2. The molecule has 1 N–H and O–H groups in total. The van der Waals surface area contributed by atoms with Crippen LogP contribution in [0.4, 0.5) is 5.69 Å². The minimum atomic E-state index is -0.441. The zero-order valence-corrected chi connectivity index (χ0v) is 12.4. The molecule has 0 unspecified atom stereocenters. The predicted molar refractivity (Wildman–Crippen MR) is 84.5 cm³/mol. The van der Waals surface area contributed by atoms with Gasteiger partial charge in [-0.2, -0.15) is 0 Å². The number of ether oxygens (including phenoxy) is 1. The van der Waals surface area contributed by atoms with E-state index in [9.17, 15) is 9.59 Å². The van der Waals surface area contributed by atoms with E-state index in [0.29, 0.717) is 10.6 Å². The van der Waals surface area contributed by atoms with Gasteiger partial charge in [-0.25, -0.2) is 4.79 Å². The number of thiophene rings is 1. The van der Waals surface area contributed by atoms with Crippen LogP contribution >= 0.6 is 11.3 Å². The Morgan fingerprint density at radius 3 is 2.67 bits per heavy atom. The first kappa shape index (κ1) is 15.0. The van der Waals surface area contributed by atoms with Crippen molar-refractivity contribution in [2.45, 2.75) is 6.92 Å². The highest BCUT2D eigenvalue weighted by Gasteiger charge is 2.19. The normalized spacial score (nSPS) is 9.95. The SMILES string of the molecule is C=CC(=O)Nc1cc(-c2ccccc2)sc1C(=O)OCC. The molecule has 0 atom stereocenters. The van der Waals surface area contributed by atoms with Crippen LogP contribution in [0.25, 0.3) is 10.4 Å². The van der Waals surface area contributed by atoms with Gasteiger partial charge in [0.05, 0.1) is 12.3 Å². The van der Waals surface area contributed by atoms with Crippen LogP contribution in [0.3, 0.4) is 0 Å². The number of carbonyl (C=O) groups excluding carboxylic acids is 2. The number of esters is 1. The standard InChI is InChI=1S/C16H15NO3S/c1-3-14(18)17-12-10-13(11-8-6-5-7-9-11)21-15(12)16(19)20-4-2/h3,5-10H,1,4H2,2H3,(H,17,18). The topological polar surface area (TPSA) is 55.4 Å². The second-order valence-corrected chi connectivity index (χ2v) is 5.19. The molecule has 0 radical (unpaired) electrons. The van der Waals surface area contributed by atoms with E-state index in [0.717, 1.165) is 16.5 Å². The molecule has 1 heterocycles. The third-order valence-corrected chi connectivity index (χ3v) is 3.86. The molecule has 4 nitrogen and oxygen atoms in total. The maximum Gasteiger partial charge on any atom is 0.350 e. The van der Waals surface area contributed by atoms with Gasteiger partial charge in [-0.3, -0.25) is 4.79 Å². The molecule has 0 fully saturated rings. The van der Waals surface area contributed by atoms with Crippen LogP contribution in [-0.2, 0) is 9.53 Å². The van der Waals surface area contributed by atoms with E-state index in [2.05, 4.69) is 11.9 Å². The number of nitrogens with one attached hydrogen (secondary N) is 1. The van der Waals surface area contributed by atoms with Crippen molar-refractivity contribution >= 4 is 28.9 Å². The molecule has 0 saturated carbocycles. The van der Waals surface area contributed by atoms with Gasteiger partial charge in [-0.1, -0.05) is 36.9 Å². The number of hydrogen-bond acceptors (Lipinski definition) is 4. The summed E-state index contributed by atoms with van der Waals surface area (Å²) in [6.45, 7) is 5.43. The van der Waals surface area contributed by atoms with Gasteiger partial charge >= 0.3 is 5.97 Å². The molecule has 0 aliphatic rings. The van der Waals surface area contributed by atoms with Crippen molar-refractivity contribution in [3.63, 3.8) is 0 Å². The fourth-order valence-corrected chi connectivity index (χ4v) is 2.77. The first-order chi connectivity index (χ1) is 10.2. The summed E-state index contributed by atoms with van der Waals surface area (Å²) in [5, 5.41) is 2.64. The van der Waals surface area contributed by atoms with Crippen molar-refractivity contribution in [2.75, 3.05) is 11.9 Å². The summed E-state index contributed by atoms with van der Waals surface area (Å²) in [5.41, 5.74) is 1.43. The molecular weight excluding hydrogens is 286 g/mol. The summed E-state index contributed by atoms with van der Waals surface area (Å²) >= 11 is 1.29. The van der Waals surface area contributed by atoms with Gasteiger partial charge in [-0.15, -0.1) is 11.3 Å². The lowest BCUT2D eigenvalue weighted by molar-refractivity contribution is -0.111. The minimum Gasteiger partial charge on any atom is -0.462 e. The van der Waals surface area contributed by atoms with Crippen LogP contribution in [0.2, 0.25) is 0 Å². The summed E-state index contributed by atoms with van der Waals surface area (Å²) in [5.74, 6) is -0.804. The van der Waals surface area contributed by atoms with Crippen LogP contribution in [0.1, 0.15) is 16.6 Å². The lowest BCUT2D eigenvalue weighted by Crippen LogP contribution is -2.11. The molecule has 1 aromatic carbocycles. The molecule has 1 amide bonds. The van der Waals surface area contributed by atoms with Gasteiger partial charge in [0.25, 0.3) is 0 Å². The largest absolute Gasteiger partial charge is 0.462 e. The third-order valence-electron chi connectivity index (χ3n) is 2.69. The molecule has 2 aromatic rings. The van der Waals surface area contributed by atoms with Crippen LogP contribution in [0, 0.1) is 0 Å². The van der Waals surface area contributed by atoms with Crippen molar-refractivity contribution < 1.29 is 14.3 Å². The Labute approximate surface area is 127 Å². The Balaban J connectivity index is 2.41. The zero-order valence-electron chi connectivity index (χ0n) is 11.6. The van der Waals surface area contributed by atoms with Crippen molar-refractivity contribution in [1.82, 2.24) is 0 Å². The van der Waals surface area contributed by atoms with Gasteiger partial charge in [0, 0.05) is 4.88 Å². The van der Waals surface area contributed by atoms with Gasteiger partial charge in [-0.05, 0) is 24.6 Å². The second-order valence-electron chi connectivity index (χ2n) is 4.13. The quantitative estimate of drug-likeness (QED) is 0.676. The molecule has 5 heteroatoms. The van der Waals surface area contributed by atoms with E-state index in [1.54, 1.807) is 13.0 Å². The summed E-state index contributed by atoms with van der Waals surface area (Å²) in [4.78, 5) is 24.7. The number of anilines is 1. The number of amides is 1. The van der Waals surface area contributed by atoms with E-state index in [-0.39, 0.29) is 12.5 Å². The molecule has 0 spiro atoms. The Kier molecular flexibility index (Phi) is 4.90. The van der Waals surface area contributed by atoms with E-state index in [4.69, 9.17) is 4.74 Å². The summed E-state index contributed by atoms with van der Waals surface area (Å²) < 4.78 is 5.03. The smallest absolute Gasteiger partial charge is 0.350 e. The van der Waals surface area contributed by atoms with Crippen molar-refractivity contribution in [3.05, 3.63) is 53.9 Å². The molecule has 1 aromatic heterocycles. The monoisotopic (exact) mass is 301 g/mol. The highest BCUT2D eigenvalue weighted by Crippen LogP contribution is 2.35. The van der Waals surface area contributed by atoms with Gasteiger partial charge in [0.1, 0.15) is 4.88 Å². The average Bonchev–Trinajstić information content (AvgIpc) is 2.92. The van der Waals surface area contributed by atoms with E-state index >= 15 is 0 Å². The predicted octanol–water partition coefficient (Wildman–Crippen LogP) is 3.72. The highest BCUT2D eigenvalue weighted by molar-refractivity contribution is 7.18. The van der Waals surface area contributed by atoms with Crippen LogP contribution in [-0.4, -0.2) is 18.5 Å². The molecule has 0 saturated heterocycles. The van der Waals surface area contributed by atoms with Gasteiger partial charge in [0.2, 0.25) is 5.91 Å². The fraction of sp³-hybridized carbons (Fsp3) is 0.125. The number of hydrogen-bond donors (Lipinski definition) is 1. The molecule has 21 heavy (non-hydrogen) atoms. The maximum absolute atomic E-state index is 12.0.